The maximum absolute atomic E-state index is 12.1. The molecule has 23 heavy (non-hydrogen) atoms. The van der Waals surface area contributed by atoms with Crippen molar-refractivity contribution in [2.75, 3.05) is 18.8 Å². The molecule has 0 spiro atoms. The molecule has 3 amide bonds. The first-order valence-corrected chi connectivity index (χ1v) is 7.86. The van der Waals surface area contributed by atoms with E-state index in [0.29, 0.717) is 29.2 Å². The van der Waals surface area contributed by atoms with Gasteiger partial charge in [0.15, 0.2) is 5.13 Å². The van der Waals surface area contributed by atoms with Crippen LogP contribution in [0, 0.1) is 0 Å². The molecule has 8 heteroatoms. The average Bonchev–Trinajstić information content (AvgIpc) is 3.05. The van der Waals surface area contributed by atoms with Crippen molar-refractivity contribution in [2.45, 2.75) is 6.42 Å². The van der Waals surface area contributed by atoms with Gasteiger partial charge in [-0.05, 0) is 12.1 Å². The van der Waals surface area contributed by atoms with E-state index in [1.165, 1.54) is 11.3 Å². The first-order valence-electron chi connectivity index (χ1n) is 6.98. The van der Waals surface area contributed by atoms with Gasteiger partial charge in [0.1, 0.15) is 6.54 Å². The summed E-state index contributed by atoms with van der Waals surface area (Å²) >= 11 is 1.34. The number of nitrogens with two attached hydrogens (primary N) is 1. The quantitative estimate of drug-likeness (QED) is 0.784. The maximum Gasteiger partial charge on any atom is 0.262 e. The molecular formula is C15H14N4O3S. The summed E-state index contributed by atoms with van der Waals surface area (Å²) in [7, 11) is 0. The fourth-order valence-corrected chi connectivity index (χ4v) is 2.95. The molecule has 2 heterocycles. The Morgan fingerprint density at radius 1 is 1.22 bits per heavy atom. The van der Waals surface area contributed by atoms with E-state index in [1.807, 2.05) is 5.38 Å². The Morgan fingerprint density at radius 3 is 2.43 bits per heavy atom. The third-order valence-corrected chi connectivity index (χ3v) is 4.18. The monoisotopic (exact) mass is 330 g/mol. The Labute approximate surface area is 136 Å². The van der Waals surface area contributed by atoms with Gasteiger partial charge in [0, 0.05) is 18.3 Å². The molecule has 1 aromatic heterocycles. The van der Waals surface area contributed by atoms with Crippen molar-refractivity contribution in [2.24, 2.45) is 0 Å². The van der Waals surface area contributed by atoms with Crippen LogP contribution in [0.3, 0.4) is 0 Å². The van der Waals surface area contributed by atoms with Crippen molar-refractivity contribution in [3.63, 3.8) is 0 Å². The van der Waals surface area contributed by atoms with E-state index < -0.39 is 11.8 Å². The first-order chi connectivity index (χ1) is 11.1. The van der Waals surface area contributed by atoms with Crippen molar-refractivity contribution < 1.29 is 14.4 Å². The predicted molar refractivity (Wildman–Crippen MR) is 85.0 cm³/mol. The number of nitrogens with one attached hydrogen (secondary N) is 1. The summed E-state index contributed by atoms with van der Waals surface area (Å²) in [6, 6.07) is 6.54. The number of carbonyl (C=O) groups is 3. The van der Waals surface area contributed by atoms with Gasteiger partial charge in [-0.1, -0.05) is 12.1 Å². The van der Waals surface area contributed by atoms with Gasteiger partial charge in [0.2, 0.25) is 5.91 Å². The molecule has 2 aromatic rings. The van der Waals surface area contributed by atoms with Gasteiger partial charge in [0.05, 0.1) is 16.8 Å². The van der Waals surface area contributed by atoms with E-state index >= 15 is 0 Å². The van der Waals surface area contributed by atoms with E-state index in [0.717, 1.165) is 10.6 Å². The molecule has 1 aliphatic rings. The molecule has 0 unspecified atom stereocenters. The Morgan fingerprint density at radius 2 is 1.87 bits per heavy atom. The number of aromatic nitrogens is 1. The third-order valence-electron chi connectivity index (χ3n) is 3.45. The van der Waals surface area contributed by atoms with Gasteiger partial charge in [-0.2, -0.15) is 0 Å². The highest BCUT2D eigenvalue weighted by atomic mass is 32.1. The highest BCUT2D eigenvalue weighted by molar-refractivity contribution is 7.13. The highest BCUT2D eigenvalue weighted by Crippen LogP contribution is 2.21. The van der Waals surface area contributed by atoms with Crippen LogP contribution >= 0.6 is 11.3 Å². The molecule has 0 atom stereocenters. The lowest BCUT2D eigenvalue weighted by Gasteiger charge is -2.13. The maximum atomic E-state index is 12.1. The largest absolute Gasteiger partial charge is 0.375 e. The molecule has 0 radical (unpaired) electrons. The summed E-state index contributed by atoms with van der Waals surface area (Å²) in [6.45, 7) is 0.0801. The van der Waals surface area contributed by atoms with Gasteiger partial charge < -0.3 is 11.1 Å². The second kappa shape index (κ2) is 6.17. The number of anilines is 1. The Kier molecular flexibility index (Phi) is 4.07. The molecule has 3 rings (SSSR count). The van der Waals surface area contributed by atoms with Crippen molar-refractivity contribution >= 4 is 34.2 Å². The van der Waals surface area contributed by atoms with E-state index in [9.17, 15) is 14.4 Å². The predicted octanol–water partition coefficient (Wildman–Crippen LogP) is 0.680. The van der Waals surface area contributed by atoms with Crippen LogP contribution in [0.1, 0.15) is 26.4 Å². The molecule has 0 saturated heterocycles. The molecule has 1 aliphatic heterocycles. The summed E-state index contributed by atoms with van der Waals surface area (Å²) < 4.78 is 0. The molecule has 0 aliphatic carbocycles. The molecule has 7 nitrogen and oxygen atoms in total. The lowest BCUT2D eigenvalue weighted by molar-refractivity contribution is -0.121. The minimum atomic E-state index is -0.437. The van der Waals surface area contributed by atoms with Crippen LogP contribution in [-0.4, -0.2) is 40.7 Å². The number of imide groups is 1. The van der Waals surface area contributed by atoms with Gasteiger partial charge in [-0.25, -0.2) is 4.98 Å². The fourth-order valence-electron chi connectivity index (χ4n) is 2.35. The minimum Gasteiger partial charge on any atom is -0.375 e. The Bertz CT molecular complexity index is 752. The molecule has 0 fully saturated rings. The number of rotatable bonds is 5. The average molecular weight is 330 g/mol. The number of thiazole rings is 1. The Balaban J connectivity index is 1.54. The zero-order valence-electron chi connectivity index (χ0n) is 12.1. The number of amides is 3. The number of hydrogen-bond acceptors (Lipinski definition) is 6. The smallest absolute Gasteiger partial charge is 0.262 e. The highest BCUT2D eigenvalue weighted by Gasteiger charge is 2.36. The first kappa shape index (κ1) is 15.2. The summed E-state index contributed by atoms with van der Waals surface area (Å²) in [4.78, 5) is 41.3. The molecule has 1 aromatic carbocycles. The lowest BCUT2D eigenvalue weighted by atomic mass is 10.1. The Hall–Kier alpha value is -2.74. The van der Waals surface area contributed by atoms with Crippen LogP contribution in [0.2, 0.25) is 0 Å². The van der Waals surface area contributed by atoms with E-state index in [1.54, 1.807) is 24.3 Å². The summed E-state index contributed by atoms with van der Waals surface area (Å²) in [5, 5.41) is 4.98. The van der Waals surface area contributed by atoms with Gasteiger partial charge in [-0.3, -0.25) is 19.3 Å². The lowest BCUT2D eigenvalue weighted by Crippen LogP contribution is -2.40. The second-order valence-electron chi connectivity index (χ2n) is 5.02. The van der Waals surface area contributed by atoms with Gasteiger partial charge in [0.25, 0.3) is 11.8 Å². The van der Waals surface area contributed by atoms with Crippen LogP contribution in [0.25, 0.3) is 0 Å². The minimum absolute atomic E-state index is 0.286. The molecule has 0 bridgehead atoms. The van der Waals surface area contributed by atoms with Gasteiger partial charge in [-0.15, -0.1) is 11.3 Å². The zero-order valence-corrected chi connectivity index (χ0v) is 12.9. The zero-order chi connectivity index (χ0) is 16.4. The van der Waals surface area contributed by atoms with Crippen LogP contribution in [0.15, 0.2) is 29.6 Å². The number of nitrogen functional groups attached to an aromatic ring is 1. The third kappa shape index (κ3) is 3.07. The normalized spacial score (nSPS) is 13.3. The van der Waals surface area contributed by atoms with Crippen molar-refractivity contribution in [1.29, 1.82) is 0 Å². The SMILES string of the molecule is Nc1nc(CCNC(=O)CN2C(=O)c3ccccc3C2=O)cs1. The standard InChI is InChI=1S/C15H14N4O3S/c16-15-18-9(8-23-15)5-6-17-12(20)7-19-13(21)10-3-1-2-4-11(10)14(19)22/h1-4,8H,5-7H2,(H2,16,18)(H,17,20). The summed E-state index contributed by atoms with van der Waals surface area (Å²) in [6.07, 6.45) is 0.543. The number of benzene rings is 1. The number of fused-ring (bicyclic) bond motifs is 1. The van der Waals surface area contributed by atoms with Crippen LogP contribution in [-0.2, 0) is 11.2 Å². The van der Waals surface area contributed by atoms with Crippen LogP contribution in [0.4, 0.5) is 5.13 Å². The van der Waals surface area contributed by atoms with Crippen LogP contribution < -0.4 is 11.1 Å². The summed E-state index contributed by atoms with van der Waals surface area (Å²) in [5.41, 5.74) is 7.00. The molecule has 3 N–H and O–H groups in total. The van der Waals surface area contributed by atoms with Gasteiger partial charge >= 0.3 is 0 Å². The topological polar surface area (TPSA) is 105 Å². The number of carbonyl (C=O) groups excluding carboxylic acids is 3. The van der Waals surface area contributed by atoms with Crippen molar-refractivity contribution in [3.8, 4) is 0 Å². The second-order valence-corrected chi connectivity index (χ2v) is 5.91. The fraction of sp³-hybridized carbons (Fsp3) is 0.200. The van der Waals surface area contributed by atoms with Crippen LogP contribution in [0.5, 0.6) is 0 Å². The van der Waals surface area contributed by atoms with E-state index in [2.05, 4.69) is 10.3 Å². The number of nitrogens with zero attached hydrogens (tertiary/aromatic N) is 2. The molecule has 118 valence electrons. The van der Waals surface area contributed by atoms with E-state index in [-0.39, 0.29) is 12.5 Å². The van der Waals surface area contributed by atoms with Crippen molar-refractivity contribution in [3.05, 3.63) is 46.5 Å². The molecule has 0 saturated carbocycles. The molecular weight excluding hydrogens is 316 g/mol. The summed E-state index contributed by atoms with van der Waals surface area (Å²) in [5.74, 6) is -1.26. The number of hydrogen-bond donors (Lipinski definition) is 2. The van der Waals surface area contributed by atoms with Crippen molar-refractivity contribution in [1.82, 2.24) is 15.2 Å². The van der Waals surface area contributed by atoms with E-state index in [4.69, 9.17) is 5.73 Å².